The molecule has 0 aliphatic heterocycles. The van der Waals surface area contributed by atoms with Gasteiger partial charge in [0.1, 0.15) is 0 Å². The van der Waals surface area contributed by atoms with Crippen LogP contribution in [0.5, 0.6) is 0 Å². The van der Waals surface area contributed by atoms with Gasteiger partial charge in [0.2, 0.25) is 0 Å². The molecule has 1 atom stereocenters. The average molecular weight is 371 g/mol. The third-order valence-corrected chi connectivity index (χ3v) is 4.87. The van der Waals surface area contributed by atoms with Gasteiger partial charge in [0.15, 0.2) is 0 Å². The van der Waals surface area contributed by atoms with Gasteiger partial charge in [-0.2, -0.15) is 5.10 Å². The summed E-state index contributed by atoms with van der Waals surface area (Å²) in [4.78, 5) is 3.58. The summed E-state index contributed by atoms with van der Waals surface area (Å²) in [6, 6.07) is 4.60. The summed E-state index contributed by atoms with van der Waals surface area (Å²) < 4.78 is 3.20. The highest BCUT2D eigenvalue weighted by Gasteiger charge is 2.20. The maximum Gasteiger partial charge on any atom is 0.0699 e. The lowest BCUT2D eigenvalue weighted by atomic mass is 10.1. The summed E-state index contributed by atoms with van der Waals surface area (Å²) in [5, 5.41) is 10.3. The van der Waals surface area contributed by atoms with Gasteiger partial charge in [0, 0.05) is 17.8 Å². The number of nitrogens with zero attached hydrogens (tertiary/aromatic N) is 3. The van der Waals surface area contributed by atoms with E-state index in [0.29, 0.717) is 0 Å². The first kappa shape index (κ1) is 16.7. The van der Waals surface area contributed by atoms with Crippen LogP contribution < -0.4 is 5.32 Å². The van der Waals surface area contributed by atoms with Crippen LogP contribution in [0.1, 0.15) is 23.5 Å². The lowest BCUT2D eigenvalue weighted by molar-refractivity contribution is 0.362. The Bertz CT molecular complexity index is 536. The predicted octanol–water partition coefficient (Wildman–Crippen LogP) is 3.16. The van der Waals surface area contributed by atoms with Gasteiger partial charge in [0.25, 0.3) is 0 Å². The number of halogens is 1. The second-order valence-electron chi connectivity index (χ2n) is 5.30. The number of rotatable bonds is 8. The highest BCUT2D eigenvalue weighted by Crippen LogP contribution is 2.27. The first-order valence-electron chi connectivity index (χ1n) is 7.23. The molecule has 2 rings (SSSR count). The molecule has 0 saturated heterocycles. The van der Waals surface area contributed by atoms with E-state index in [1.54, 1.807) is 0 Å². The van der Waals surface area contributed by atoms with Crippen molar-refractivity contribution in [2.24, 2.45) is 0 Å². The summed E-state index contributed by atoms with van der Waals surface area (Å²) in [7, 11) is 4.18. The van der Waals surface area contributed by atoms with E-state index in [9.17, 15) is 0 Å². The quantitative estimate of drug-likeness (QED) is 0.774. The third kappa shape index (κ3) is 4.64. The van der Waals surface area contributed by atoms with Crippen molar-refractivity contribution in [1.82, 2.24) is 20.0 Å². The molecule has 21 heavy (non-hydrogen) atoms. The molecule has 0 fully saturated rings. The molecule has 116 valence electrons. The molecule has 1 N–H and O–H groups in total. The molecule has 4 nitrogen and oxygen atoms in total. The molecular formula is C15H23BrN4S. The number of aromatic nitrogens is 2. The van der Waals surface area contributed by atoms with Crippen molar-refractivity contribution in [3.05, 3.63) is 38.8 Å². The Labute approximate surface area is 139 Å². The highest BCUT2D eigenvalue weighted by atomic mass is 79.9. The first-order valence-corrected chi connectivity index (χ1v) is 8.90. The van der Waals surface area contributed by atoms with Crippen molar-refractivity contribution in [3.63, 3.8) is 0 Å². The van der Waals surface area contributed by atoms with Crippen LogP contribution >= 0.6 is 27.3 Å². The normalized spacial score (nSPS) is 13.0. The molecule has 0 saturated carbocycles. The lowest BCUT2D eigenvalue weighted by Gasteiger charge is -2.20. The van der Waals surface area contributed by atoms with Crippen molar-refractivity contribution in [2.45, 2.75) is 25.9 Å². The lowest BCUT2D eigenvalue weighted by Crippen LogP contribution is -2.28. The van der Waals surface area contributed by atoms with Gasteiger partial charge in [-0.3, -0.25) is 4.68 Å². The van der Waals surface area contributed by atoms with Crippen LogP contribution in [-0.2, 0) is 13.0 Å². The number of likely N-dealkylation sites (N-methyl/N-ethyl adjacent to an activating group) is 2. The van der Waals surface area contributed by atoms with Gasteiger partial charge in [-0.1, -0.05) is 13.0 Å². The molecule has 0 bridgehead atoms. The summed E-state index contributed by atoms with van der Waals surface area (Å²) >= 11 is 5.48. The SMILES string of the molecule is CCNC(Cc1cccs1)c1c(Br)cnn1CCN(C)C. The minimum absolute atomic E-state index is 0.285. The molecule has 2 aromatic heterocycles. The molecule has 1 unspecified atom stereocenters. The number of nitrogens with one attached hydrogen (secondary N) is 1. The number of hydrogen-bond donors (Lipinski definition) is 1. The first-order chi connectivity index (χ1) is 10.1. The van der Waals surface area contributed by atoms with Crippen molar-refractivity contribution < 1.29 is 0 Å². The maximum atomic E-state index is 4.53. The molecule has 6 heteroatoms. The summed E-state index contributed by atoms with van der Waals surface area (Å²) in [5.41, 5.74) is 1.24. The Kier molecular flexibility index (Phi) is 6.41. The van der Waals surface area contributed by atoms with E-state index in [4.69, 9.17) is 0 Å². The minimum Gasteiger partial charge on any atom is -0.309 e. The van der Waals surface area contributed by atoms with Gasteiger partial charge < -0.3 is 10.2 Å². The standard InChI is InChI=1S/C15H23BrN4S/c1-4-17-14(10-12-6-5-9-21-12)15-13(16)11-18-20(15)8-7-19(2)3/h5-6,9,11,14,17H,4,7-8,10H2,1-3H3. The molecule has 2 aromatic rings. The Morgan fingerprint density at radius 3 is 2.90 bits per heavy atom. The minimum atomic E-state index is 0.285. The molecule has 0 radical (unpaired) electrons. The smallest absolute Gasteiger partial charge is 0.0699 e. The summed E-state index contributed by atoms with van der Waals surface area (Å²) in [5.74, 6) is 0. The fourth-order valence-electron chi connectivity index (χ4n) is 2.33. The fraction of sp³-hybridized carbons (Fsp3) is 0.533. The summed E-state index contributed by atoms with van der Waals surface area (Å²) in [6.45, 7) is 4.98. The van der Waals surface area contributed by atoms with Gasteiger partial charge in [-0.05, 0) is 48.0 Å². The van der Waals surface area contributed by atoms with Crippen molar-refractivity contribution in [1.29, 1.82) is 0 Å². The fourth-order valence-corrected chi connectivity index (χ4v) is 3.66. The van der Waals surface area contributed by atoms with E-state index in [0.717, 1.165) is 30.5 Å². The van der Waals surface area contributed by atoms with Crippen LogP contribution in [0.4, 0.5) is 0 Å². The average Bonchev–Trinajstić information content (AvgIpc) is 3.05. The van der Waals surface area contributed by atoms with Gasteiger partial charge in [-0.25, -0.2) is 0 Å². The number of thiophene rings is 1. The van der Waals surface area contributed by atoms with Crippen LogP contribution in [0, 0.1) is 0 Å². The van der Waals surface area contributed by atoms with Crippen LogP contribution in [-0.4, -0.2) is 41.9 Å². The van der Waals surface area contributed by atoms with E-state index in [-0.39, 0.29) is 6.04 Å². The van der Waals surface area contributed by atoms with E-state index in [1.807, 2.05) is 17.5 Å². The maximum absolute atomic E-state index is 4.53. The summed E-state index contributed by atoms with van der Waals surface area (Å²) in [6.07, 6.45) is 2.90. The molecular weight excluding hydrogens is 348 g/mol. The van der Waals surface area contributed by atoms with Crippen LogP contribution in [0.3, 0.4) is 0 Å². The van der Waals surface area contributed by atoms with E-state index >= 15 is 0 Å². The number of hydrogen-bond acceptors (Lipinski definition) is 4. The van der Waals surface area contributed by atoms with Crippen LogP contribution in [0.2, 0.25) is 0 Å². The molecule has 0 aliphatic carbocycles. The molecule has 0 spiro atoms. The third-order valence-electron chi connectivity index (χ3n) is 3.36. The largest absolute Gasteiger partial charge is 0.309 e. The Morgan fingerprint density at radius 1 is 1.48 bits per heavy atom. The molecule has 0 aliphatic rings. The van der Waals surface area contributed by atoms with Gasteiger partial charge >= 0.3 is 0 Å². The van der Waals surface area contributed by atoms with Crippen molar-refractivity contribution in [2.75, 3.05) is 27.2 Å². The van der Waals surface area contributed by atoms with E-state index in [1.165, 1.54) is 10.6 Å². The topological polar surface area (TPSA) is 33.1 Å². The molecule has 2 heterocycles. The van der Waals surface area contributed by atoms with Crippen LogP contribution in [0.15, 0.2) is 28.2 Å². The predicted molar refractivity (Wildman–Crippen MR) is 92.9 cm³/mol. The van der Waals surface area contributed by atoms with E-state index < -0.39 is 0 Å². The monoisotopic (exact) mass is 370 g/mol. The van der Waals surface area contributed by atoms with Crippen molar-refractivity contribution >= 4 is 27.3 Å². The Balaban J connectivity index is 2.20. The molecule has 0 aromatic carbocycles. The zero-order chi connectivity index (χ0) is 15.2. The Morgan fingerprint density at radius 2 is 2.29 bits per heavy atom. The second kappa shape index (κ2) is 8.08. The zero-order valence-corrected chi connectivity index (χ0v) is 15.2. The molecule has 0 amide bonds. The van der Waals surface area contributed by atoms with Gasteiger partial charge in [-0.15, -0.1) is 11.3 Å². The van der Waals surface area contributed by atoms with Gasteiger partial charge in [0.05, 0.1) is 29.0 Å². The Hall–Kier alpha value is -0.690. The van der Waals surface area contributed by atoms with Crippen LogP contribution in [0.25, 0.3) is 0 Å². The second-order valence-corrected chi connectivity index (χ2v) is 7.18. The van der Waals surface area contributed by atoms with Crippen molar-refractivity contribution in [3.8, 4) is 0 Å². The highest BCUT2D eigenvalue weighted by molar-refractivity contribution is 9.10. The van der Waals surface area contributed by atoms with E-state index in [2.05, 4.69) is 74.5 Å². The zero-order valence-electron chi connectivity index (χ0n) is 12.8.